The highest BCUT2D eigenvalue weighted by atomic mass is 15.1. The fraction of sp³-hybridized carbons (Fsp3) is 0. The van der Waals surface area contributed by atoms with E-state index in [0.29, 0.717) is 0 Å². The lowest BCUT2D eigenvalue weighted by atomic mass is 9.91. The van der Waals surface area contributed by atoms with Crippen molar-refractivity contribution in [2.24, 2.45) is 0 Å². The van der Waals surface area contributed by atoms with Crippen LogP contribution < -0.4 is 4.90 Å². The third-order valence-electron chi connectivity index (χ3n) is 15.7. The van der Waals surface area contributed by atoms with Gasteiger partial charge in [0.25, 0.3) is 0 Å². The predicted molar refractivity (Wildman–Crippen MR) is 324 cm³/mol. The molecule has 2 aromatic heterocycles. The SMILES string of the molecule is c1ccc(-c2cc(-c3ccccc3)cc(-c3ccc(N(c4ccc(-c5ccc6c7ccccc7c7c(c(-c8ccccc8)c8ccccn87)c6c5)cc4)c4ccc5c6ccccc6c6ccccc6c5c4)cc3)c2)cc1. The number of aromatic nitrogens is 1. The first-order chi connectivity index (χ1) is 37.7. The van der Waals surface area contributed by atoms with Gasteiger partial charge in [0, 0.05) is 39.6 Å². The molecule has 0 amide bonds. The van der Waals surface area contributed by atoms with E-state index in [4.69, 9.17) is 0 Å². The lowest BCUT2D eigenvalue weighted by Gasteiger charge is -2.27. The van der Waals surface area contributed by atoms with Crippen LogP contribution in [0.25, 0.3) is 126 Å². The van der Waals surface area contributed by atoms with Gasteiger partial charge in [0.15, 0.2) is 0 Å². The Morgan fingerprint density at radius 1 is 0.224 bits per heavy atom. The highest BCUT2D eigenvalue weighted by Crippen LogP contribution is 2.46. The van der Waals surface area contributed by atoms with Crippen LogP contribution in [0.15, 0.2) is 291 Å². The molecular weight excluding hydrogens is 917 g/mol. The molecule has 2 nitrogen and oxygen atoms in total. The molecule has 0 saturated heterocycles. The maximum atomic E-state index is 2.43. The summed E-state index contributed by atoms with van der Waals surface area (Å²) in [4.78, 5) is 2.42. The topological polar surface area (TPSA) is 7.65 Å². The van der Waals surface area contributed by atoms with Crippen molar-refractivity contribution in [3.8, 4) is 55.6 Å². The molecule has 0 fully saturated rings. The van der Waals surface area contributed by atoms with Crippen molar-refractivity contribution in [3.05, 3.63) is 291 Å². The summed E-state index contributed by atoms with van der Waals surface area (Å²) in [6, 6.07) is 105. The van der Waals surface area contributed by atoms with E-state index in [-0.39, 0.29) is 0 Å². The molecule has 0 bridgehead atoms. The Balaban J connectivity index is 0.891. The Kier molecular flexibility index (Phi) is 10.2. The van der Waals surface area contributed by atoms with E-state index in [1.165, 1.54) is 115 Å². The van der Waals surface area contributed by atoms with Crippen LogP contribution >= 0.6 is 0 Å². The van der Waals surface area contributed by atoms with Crippen molar-refractivity contribution in [3.63, 3.8) is 0 Å². The van der Waals surface area contributed by atoms with E-state index >= 15 is 0 Å². The van der Waals surface area contributed by atoms with E-state index in [9.17, 15) is 0 Å². The van der Waals surface area contributed by atoms with Gasteiger partial charge in [-0.25, -0.2) is 0 Å². The normalized spacial score (nSPS) is 11.7. The van der Waals surface area contributed by atoms with Gasteiger partial charge >= 0.3 is 0 Å². The molecule has 0 N–H and O–H groups in total. The van der Waals surface area contributed by atoms with Gasteiger partial charge in [-0.05, 0) is 171 Å². The van der Waals surface area contributed by atoms with E-state index in [1.807, 2.05) is 0 Å². The van der Waals surface area contributed by atoms with Crippen LogP contribution in [0.4, 0.5) is 17.1 Å². The van der Waals surface area contributed by atoms with E-state index in [0.717, 1.165) is 28.2 Å². The molecule has 2 heterocycles. The van der Waals surface area contributed by atoms with Crippen molar-refractivity contribution >= 4 is 87.3 Å². The highest BCUT2D eigenvalue weighted by Gasteiger charge is 2.21. The second-order valence-corrected chi connectivity index (χ2v) is 20.0. The Morgan fingerprint density at radius 2 is 0.605 bits per heavy atom. The van der Waals surface area contributed by atoms with Crippen molar-refractivity contribution < 1.29 is 0 Å². The van der Waals surface area contributed by atoms with Crippen molar-refractivity contribution in [1.29, 1.82) is 0 Å². The molecule has 13 aromatic carbocycles. The van der Waals surface area contributed by atoms with Crippen molar-refractivity contribution in [2.75, 3.05) is 4.90 Å². The summed E-state index contributed by atoms with van der Waals surface area (Å²) in [6.45, 7) is 0. The third-order valence-corrected chi connectivity index (χ3v) is 15.7. The van der Waals surface area contributed by atoms with Gasteiger partial charge in [-0.15, -0.1) is 0 Å². The van der Waals surface area contributed by atoms with Crippen LogP contribution in [0, 0.1) is 0 Å². The molecule has 0 atom stereocenters. The molecule has 0 saturated carbocycles. The molecule has 15 aromatic rings. The fourth-order valence-electron chi connectivity index (χ4n) is 12.2. The van der Waals surface area contributed by atoms with Crippen LogP contribution in [0.2, 0.25) is 0 Å². The van der Waals surface area contributed by atoms with E-state index in [1.54, 1.807) is 0 Å². The lowest BCUT2D eigenvalue weighted by Crippen LogP contribution is -2.10. The highest BCUT2D eigenvalue weighted by molar-refractivity contribution is 6.31. The van der Waals surface area contributed by atoms with Crippen LogP contribution in [0.3, 0.4) is 0 Å². The number of fused-ring (bicyclic) bond motifs is 14. The second kappa shape index (κ2) is 17.9. The molecule has 15 rings (SSSR count). The van der Waals surface area contributed by atoms with Crippen LogP contribution in [0.1, 0.15) is 0 Å². The first kappa shape index (κ1) is 43.6. The number of rotatable bonds is 8. The van der Waals surface area contributed by atoms with Crippen LogP contribution in [-0.4, -0.2) is 4.40 Å². The fourth-order valence-corrected chi connectivity index (χ4v) is 12.2. The zero-order valence-electron chi connectivity index (χ0n) is 41.6. The van der Waals surface area contributed by atoms with Gasteiger partial charge in [-0.2, -0.15) is 0 Å². The van der Waals surface area contributed by atoms with Gasteiger partial charge in [0.1, 0.15) is 0 Å². The predicted octanol–water partition coefficient (Wildman–Crippen LogP) is 20.7. The van der Waals surface area contributed by atoms with Gasteiger partial charge in [-0.1, -0.05) is 212 Å². The Morgan fingerprint density at radius 3 is 1.16 bits per heavy atom. The smallest absolute Gasteiger partial charge is 0.0620 e. The molecule has 0 aliphatic rings. The molecule has 0 radical (unpaired) electrons. The third kappa shape index (κ3) is 7.18. The lowest BCUT2D eigenvalue weighted by molar-refractivity contribution is 1.26. The van der Waals surface area contributed by atoms with Gasteiger partial charge in [-0.3, -0.25) is 0 Å². The first-order valence-corrected chi connectivity index (χ1v) is 26.2. The number of hydrogen-bond donors (Lipinski definition) is 0. The molecule has 0 aliphatic heterocycles. The molecular formula is C74H48N2. The average molecular weight is 965 g/mol. The second-order valence-electron chi connectivity index (χ2n) is 20.0. The van der Waals surface area contributed by atoms with Crippen molar-refractivity contribution in [1.82, 2.24) is 4.40 Å². The van der Waals surface area contributed by atoms with Crippen molar-refractivity contribution in [2.45, 2.75) is 0 Å². The summed E-state index contributed by atoms with van der Waals surface area (Å²) in [7, 11) is 0. The molecule has 76 heavy (non-hydrogen) atoms. The largest absolute Gasteiger partial charge is 0.315 e. The minimum absolute atomic E-state index is 1.08. The summed E-state index contributed by atoms with van der Waals surface area (Å²) in [5, 5.41) is 13.8. The maximum absolute atomic E-state index is 2.43. The number of hydrogen-bond acceptors (Lipinski definition) is 1. The summed E-state index contributed by atoms with van der Waals surface area (Å²) < 4.78 is 2.39. The summed E-state index contributed by atoms with van der Waals surface area (Å²) in [6.07, 6.45) is 2.22. The molecule has 0 aliphatic carbocycles. The van der Waals surface area contributed by atoms with Crippen LogP contribution in [0.5, 0.6) is 0 Å². The summed E-state index contributed by atoms with van der Waals surface area (Å²) >= 11 is 0. The monoisotopic (exact) mass is 964 g/mol. The Labute approximate surface area is 441 Å². The first-order valence-electron chi connectivity index (χ1n) is 26.2. The van der Waals surface area contributed by atoms with E-state index < -0.39 is 0 Å². The number of anilines is 3. The summed E-state index contributed by atoms with van der Waals surface area (Å²) in [5.41, 5.74) is 17.7. The summed E-state index contributed by atoms with van der Waals surface area (Å²) in [5.74, 6) is 0. The molecule has 354 valence electrons. The minimum atomic E-state index is 1.08. The zero-order valence-corrected chi connectivity index (χ0v) is 41.6. The molecule has 0 unspecified atom stereocenters. The van der Waals surface area contributed by atoms with Gasteiger partial charge in [0.2, 0.25) is 0 Å². The number of pyridine rings is 1. The average Bonchev–Trinajstić information content (AvgIpc) is 3.95. The Bertz CT molecular complexity index is 4620. The van der Waals surface area contributed by atoms with Gasteiger partial charge in [0.05, 0.1) is 11.0 Å². The Hall–Kier alpha value is -10.0. The molecule has 0 spiro atoms. The molecule has 2 heteroatoms. The van der Waals surface area contributed by atoms with Gasteiger partial charge < -0.3 is 9.30 Å². The maximum Gasteiger partial charge on any atom is 0.0620 e. The van der Waals surface area contributed by atoms with Crippen LogP contribution in [-0.2, 0) is 0 Å². The zero-order chi connectivity index (χ0) is 50.1. The number of nitrogens with zero attached hydrogens (tertiary/aromatic N) is 2. The van der Waals surface area contributed by atoms with E-state index in [2.05, 4.69) is 301 Å². The quantitative estimate of drug-likeness (QED) is 0.138. The number of benzene rings is 13. The standard InChI is InChI=1S/C74H48N2/c1-4-18-49(19-5-1)55-44-56(50-20-6-2-7-21-50)46-57(45-55)52-33-38-59(39-34-52)76(60-40-42-66-63-26-11-10-24-61(63)62-25-12-13-28-65(62)69(66)48-60)58-36-31-51(32-37-58)54-35-41-67-64-27-14-15-29-68(64)74-73(70(67)47-54)72(53-22-8-3-9-23-53)71-30-16-17-43-75(71)74/h1-48H. The minimum Gasteiger partial charge on any atom is -0.315 e.